The van der Waals surface area contributed by atoms with E-state index in [0.717, 1.165) is 12.8 Å². The highest BCUT2D eigenvalue weighted by atomic mass is 35.5. The normalized spacial score (nSPS) is 28.4. The van der Waals surface area contributed by atoms with Gasteiger partial charge in [-0.15, -0.1) is 0 Å². The van der Waals surface area contributed by atoms with Gasteiger partial charge in [0.2, 0.25) is 5.28 Å². The van der Waals surface area contributed by atoms with E-state index in [9.17, 15) is 0 Å². The van der Waals surface area contributed by atoms with Crippen molar-refractivity contribution in [2.24, 2.45) is 5.41 Å². The highest BCUT2D eigenvalue weighted by Crippen LogP contribution is 2.53. The lowest BCUT2D eigenvalue weighted by Gasteiger charge is -2.44. The fraction of sp³-hybridized carbons (Fsp3) is 0.750. The van der Waals surface area contributed by atoms with Gasteiger partial charge in [0.25, 0.3) is 0 Å². The number of hydrogen-bond acceptors (Lipinski definition) is 5. The Morgan fingerprint density at radius 3 is 2.45 bits per heavy atom. The largest absolute Gasteiger partial charge is 0.411 e. The number of imidazole rings is 1. The molecule has 1 fully saturated rings. The Hall–Kier alpha value is -0.733. The van der Waals surface area contributed by atoms with Gasteiger partial charge in [-0.2, -0.15) is 4.98 Å². The van der Waals surface area contributed by atoms with E-state index in [4.69, 9.17) is 32.4 Å². The van der Waals surface area contributed by atoms with Gasteiger partial charge in [0.15, 0.2) is 19.1 Å². The third-order valence-corrected chi connectivity index (χ3v) is 11.7. The van der Waals surface area contributed by atoms with Crippen LogP contribution in [0.15, 0.2) is 6.33 Å². The lowest BCUT2D eigenvalue weighted by molar-refractivity contribution is -0.0350. The summed E-state index contributed by atoms with van der Waals surface area (Å²) in [4.78, 5) is 12.8. The van der Waals surface area contributed by atoms with Crippen LogP contribution in [0.25, 0.3) is 11.2 Å². The second kappa shape index (κ2) is 7.75. The Morgan fingerprint density at radius 2 is 1.90 bits per heavy atom. The summed E-state index contributed by atoms with van der Waals surface area (Å²) in [5.74, 6) is 0. The summed E-state index contributed by atoms with van der Waals surface area (Å²) in [5, 5.41) is 0.464. The molecule has 0 spiro atoms. The number of hydrogen-bond donors (Lipinski definition) is 0. The van der Waals surface area contributed by atoms with Gasteiger partial charge >= 0.3 is 0 Å². The van der Waals surface area contributed by atoms with Gasteiger partial charge in [0.1, 0.15) is 11.7 Å². The molecular formula is C20H32Cl2N4O2Si. The third-order valence-electron chi connectivity index (χ3n) is 6.85. The highest BCUT2D eigenvalue weighted by molar-refractivity contribution is 6.74. The third kappa shape index (κ3) is 3.85. The summed E-state index contributed by atoms with van der Waals surface area (Å²) in [7, 11) is -1.99. The van der Waals surface area contributed by atoms with E-state index in [1.54, 1.807) is 6.33 Å². The first-order valence-corrected chi connectivity index (χ1v) is 13.9. The maximum absolute atomic E-state index is 6.96. The first-order valence-electron chi connectivity index (χ1n) is 10.2. The van der Waals surface area contributed by atoms with Crippen molar-refractivity contribution in [2.45, 2.75) is 91.0 Å². The monoisotopic (exact) mass is 458 g/mol. The van der Waals surface area contributed by atoms with Crippen molar-refractivity contribution in [3.8, 4) is 0 Å². The predicted octanol–water partition coefficient (Wildman–Crippen LogP) is 6.25. The molecule has 4 atom stereocenters. The van der Waals surface area contributed by atoms with Crippen molar-refractivity contribution in [1.29, 1.82) is 0 Å². The molecule has 2 aromatic heterocycles. The second-order valence-corrected chi connectivity index (χ2v) is 15.2. The summed E-state index contributed by atoms with van der Waals surface area (Å²) in [5.41, 5.74) is 0.857. The SMILES string of the molecule is CC[C@H]1O[C@H](n2cnc3c(Cl)nc(Cl)nc32)[C@@](C)(CC)C1O[Si](C)(C)C(C)(C)C. The number of fused-ring (bicyclic) bond motifs is 1. The number of rotatable bonds is 5. The standard InChI is InChI=1S/C20H32Cl2N4O2Si/c1-9-12-14(28-29(7,8)19(3,4)5)20(6,10-2)17(27-12)26-11-23-13-15(21)24-18(22)25-16(13)26/h11-12,14,17H,9-10H2,1-8H3/t12-,14?,17+,20+/m1/s1. The summed E-state index contributed by atoms with van der Waals surface area (Å²) in [6, 6.07) is 0. The van der Waals surface area contributed by atoms with Crippen molar-refractivity contribution in [1.82, 2.24) is 19.5 Å². The summed E-state index contributed by atoms with van der Waals surface area (Å²) < 4.78 is 15.5. The molecule has 0 N–H and O–H groups in total. The molecule has 1 aliphatic heterocycles. The molecule has 6 nitrogen and oxygen atoms in total. The molecule has 1 aliphatic rings. The Labute approximate surface area is 184 Å². The molecule has 1 unspecified atom stereocenters. The van der Waals surface area contributed by atoms with E-state index in [0.29, 0.717) is 11.2 Å². The maximum Gasteiger partial charge on any atom is 0.225 e. The fourth-order valence-corrected chi connectivity index (χ4v) is 5.59. The molecule has 9 heteroatoms. The van der Waals surface area contributed by atoms with Crippen LogP contribution in [0.4, 0.5) is 0 Å². The highest BCUT2D eigenvalue weighted by Gasteiger charge is 2.56. The van der Waals surface area contributed by atoms with Crippen LogP contribution in [0, 0.1) is 5.41 Å². The maximum atomic E-state index is 6.96. The lowest BCUT2D eigenvalue weighted by Crippen LogP contribution is -2.50. The van der Waals surface area contributed by atoms with Gasteiger partial charge in [-0.25, -0.2) is 9.97 Å². The van der Waals surface area contributed by atoms with Crippen LogP contribution < -0.4 is 0 Å². The van der Waals surface area contributed by atoms with E-state index in [2.05, 4.69) is 69.6 Å². The summed E-state index contributed by atoms with van der Waals surface area (Å²) in [6.45, 7) is 18.0. The van der Waals surface area contributed by atoms with Gasteiger partial charge in [-0.1, -0.05) is 53.1 Å². The molecule has 0 saturated carbocycles. The molecule has 2 aromatic rings. The Morgan fingerprint density at radius 1 is 1.24 bits per heavy atom. The van der Waals surface area contributed by atoms with Crippen LogP contribution in [0.5, 0.6) is 0 Å². The van der Waals surface area contributed by atoms with Crippen LogP contribution in [-0.4, -0.2) is 40.0 Å². The molecule has 162 valence electrons. The number of halogens is 2. The zero-order chi connectivity index (χ0) is 21.8. The predicted molar refractivity (Wildman–Crippen MR) is 120 cm³/mol. The van der Waals surface area contributed by atoms with Crippen molar-refractivity contribution in [3.63, 3.8) is 0 Å². The quantitative estimate of drug-likeness (QED) is 0.301. The Bertz CT molecular complexity index is 898. The van der Waals surface area contributed by atoms with E-state index in [1.165, 1.54) is 0 Å². The summed E-state index contributed by atoms with van der Waals surface area (Å²) >= 11 is 12.3. The van der Waals surface area contributed by atoms with Crippen molar-refractivity contribution in [2.75, 3.05) is 0 Å². The molecule has 0 bridgehead atoms. The molecule has 3 rings (SSSR count). The van der Waals surface area contributed by atoms with Crippen LogP contribution in [0.3, 0.4) is 0 Å². The fourth-order valence-electron chi connectivity index (χ4n) is 3.76. The van der Waals surface area contributed by atoms with Crippen LogP contribution in [0.1, 0.15) is 60.6 Å². The Balaban J connectivity index is 2.08. The average Bonchev–Trinajstić information content (AvgIpc) is 3.14. The van der Waals surface area contributed by atoms with Crippen LogP contribution in [-0.2, 0) is 9.16 Å². The first-order chi connectivity index (χ1) is 13.4. The van der Waals surface area contributed by atoms with Crippen molar-refractivity contribution < 1.29 is 9.16 Å². The topological polar surface area (TPSA) is 62.1 Å². The van der Waals surface area contributed by atoms with E-state index >= 15 is 0 Å². The summed E-state index contributed by atoms with van der Waals surface area (Å²) in [6.07, 6.45) is 3.17. The minimum absolute atomic E-state index is 0.00990. The molecule has 1 saturated heterocycles. The molecule has 3 heterocycles. The number of nitrogens with zero attached hydrogens (tertiary/aromatic N) is 4. The Kier molecular flexibility index (Phi) is 6.13. The van der Waals surface area contributed by atoms with Crippen molar-refractivity contribution >= 4 is 42.7 Å². The second-order valence-electron chi connectivity index (χ2n) is 9.70. The van der Waals surface area contributed by atoms with Gasteiger partial charge < -0.3 is 9.16 Å². The van der Waals surface area contributed by atoms with Gasteiger partial charge in [0.05, 0.1) is 18.5 Å². The zero-order valence-electron chi connectivity index (χ0n) is 18.6. The minimum Gasteiger partial charge on any atom is -0.411 e. The van der Waals surface area contributed by atoms with Gasteiger partial charge in [-0.3, -0.25) is 4.57 Å². The molecule has 0 amide bonds. The molecule has 0 aliphatic carbocycles. The van der Waals surface area contributed by atoms with E-state index in [1.807, 2.05) is 4.57 Å². The smallest absolute Gasteiger partial charge is 0.225 e. The number of aromatic nitrogens is 4. The number of ether oxygens (including phenoxy) is 1. The molecule has 29 heavy (non-hydrogen) atoms. The van der Waals surface area contributed by atoms with Gasteiger partial charge in [0, 0.05) is 5.41 Å². The molecule has 0 radical (unpaired) electrons. The zero-order valence-corrected chi connectivity index (χ0v) is 21.1. The van der Waals surface area contributed by atoms with Crippen LogP contribution in [0.2, 0.25) is 28.6 Å². The van der Waals surface area contributed by atoms with Gasteiger partial charge in [-0.05, 0) is 42.6 Å². The average molecular weight is 459 g/mol. The minimum atomic E-state index is -1.99. The molecule has 0 aromatic carbocycles. The molecular weight excluding hydrogens is 427 g/mol. The van der Waals surface area contributed by atoms with Crippen molar-refractivity contribution in [3.05, 3.63) is 16.8 Å². The van der Waals surface area contributed by atoms with E-state index in [-0.39, 0.29) is 39.3 Å². The first kappa shape index (κ1) is 22.9. The van der Waals surface area contributed by atoms with E-state index < -0.39 is 8.32 Å². The lowest BCUT2D eigenvalue weighted by atomic mass is 9.79. The van der Waals surface area contributed by atoms with Crippen LogP contribution >= 0.6 is 23.2 Å².